The minimum atomic E-state index is -1.61. The molecule has 10 nitrogen and oxygen atoms in total. The number of rotatable bonds is 14. The van der Waals surface area contributed by atoms with Crippen LogP contribution in [0.5, 0.6) is 0 Å². The maximum absolute atomic E-state index is 13.4. The van der Waals surface area contributed by atoms with Crippen LogP contribution in [0.4, 0.5) is 0 Å². The molecule has 248 valence electrons. The van der Waals surface area contributed by atoms with E-state index in [-0.39, 0.29) is 12.2 Å². The van der Waals surface area contributed by atoms with Crippen molar-refractivity contribution in [3.63, 3.8) is 0 Å². The number of unbranched alkanes of at least 4 members (excludes halogenated alkanes) is 1. The fourth-order valence-electron chi connectivity index (χ4n) is 6.05. The summed E-state index contributed by atoms with van der Waals surface area (Å²) >= 11 is 8.24. The van der Waals surface area contributed by atoms with Crippen LogP contribution < -0.4 is 0 Å². The van der Waals surface area contributed by atoms with Crippen LogP contribution in [0.1, 0.15) is 50.8 Å². The van der Waals surface area contributed by atoms with Gasteiger partial charge in [0.05, 0.1) is 29.3 Å². The van der Waals surface area contributed by atoms with Crippen molar-refractivity contribution in [2.45, 2.75) is 95.3 Å². The van der Waals surface area contributed by atoms with E-state index in [9.17, 15) is 35.1 Å². The van der Waals surface area contributed by atoms with Gasteiger partial charge in [0.15, 0.2) is 6.29 Å². The van der Waals surface area contributed by atoms with Gasteiger partial charge in [0, 0.05) is 33.2 Å². The molecule has 2 aromatic rings. The van der Waals surface area contributed by atoms with E-state index in [4.69, 9.17) is 26.2 Å². The number of ketones is 1. The van der Waals surface area contributed by atoms with E-state index in [2.05, 4.69) is 0 Å². The highest BCUT2D eigenvalue weighted by Crippen LogP contribution is 2.45. The van der Waals surface area contributed by atoms with Crippen molar-refractivity contribution in [2.24, 2.45) is 17.3 Å². The summed E-state index contributed by atoms with van der Waals surface area (Å²) in [6.07, 6.45) is 0.570. The second kappa shape index (κ2) is 15.6. The van der Waals surface area contributed by atoms with E-state index in [0.29, 0.717) is 37.1 Å². The molecule has 1 aromatic heterocycles. The van der Waals surface area contributed by atoms with Crippen molar-refractivity contribution in [1.82, 2.24) is 0 Å². The van der Waals surface area contributed by atoms with E-state index >= 15 is 0 Å². The standard InChI is InChI=1S/C33H43ClO10S/c1-33(2)30(41)19(9-5-3-4-6-12-25(36)37)20(31(33)42)15-13-18(43-32-29(40)28(39)27(38)22(17-35)44-32)14-16-24-26(34)21-10-7-8-11-23(21)45-24/h3,5,7-8,10-11,13,15,18-20,22,27-29,31-32,35,38-40,42H,4,6,9,12,14,16-17H2,1-2H3,(H,36,37)/t18?,19-,20-,22-,27-,28+,29-,31+,32?/m1/s1. The molecule has 1 saturated heterocycles. The van der Waals surface area contributed by atoms with E-state index in [0.717, 1.165) is 15.0 Å². The number of aliphatic carboxylic acids is 1. The molecule has 2 unspecified atom stereocenters. The van der Waals surface area contributed by atoms with Crippen LogP contribution in [0.2, 0.25) is 5.02 Å². The molecule has 6 N–H and O–H groups in total. The van der Waals surface area contributed by atoms with Crippen molar-refractivity contribution >= 4 is 44.8 Å². The first-order valence-corrected chi connectivity index (χ1v) is 16.5. The SMILES string of the molecule is CC1(C)C(=O)[C@H](CC=CCCCC(=O)O)[C@@H](C=CC(CCc2sc3ccccc3c2Cl)OC2O[C@H](CO)[C@@H](O)[C@H](O)[C@H]2O)[C@@H]1O. The fraction of sp³-hybridized carbons (Fsp3) is 0.576. The molecular weight excluding hydrogens is 624 g/mol. The molecule has 2 fully saturated rings. The number of thiophene rings is 1. The van der Waals surface area contributed by atoms with Gasteiger partial charge in [-0.15, -0.1) is 11.3 Å². The molecule has 9 atom stereocenters. The molecule has 4 rings (SSSR count). The Kier molecular flexibility index (Phi) is 12.4. The molecule has 0 amide bonds. The zero-order valence-electron chi connectivity index (χ0n) is 25.4. The number of hydrogen-bond acceptors (Lipinski definition) is 10. The van der Waals surface area contributed by atoms with Gasteiger partial charge in [-0.25, -0.2) is 0 Å². The summed E-state index contributed by atoms with van der Waals surface area (Å²) < 4.78 is 12.8. The largest absolute Gasteiger partial charge is 0.481 e. The molecule has 0 spiro atoms. The number of Topliss-reactive ketones (excluding diaryl/α,β-unsaturated/α-hetero) is 1. The van der Waals surface area contributed by atoms with Crippen molar-refractivity contribution in [3.05, 3.63) is 58.5 Å². The number of benzene rings is 1. The summed E-state index contributed by atoms with van der Waals surface area (Å²) in [7, 11) is 0. The predicted molar refractivity (Wildman–Crippen MR) is 170 cm³/mol. The van der Waals surface area contributed by atoms with Gasteiger partial charge in [-0.1, -0.05) is 68.0 Å². The summed E-state index contributed by atoms with van der Waals surface area (Å²) in [5, 5.41) is 62.5. The molecule has 0 radical (unpaired) electrons. The Hall–Kier alpha value is -2.19. The van der Waals surface area contributed by atoms with Gasteiger partial charge in [-0.3, -0.25) is 9.59 Å². The van der Waals surface area contributed by atoms with Crippen LogP contribution in [0, 0.1) is 17.3 Å². The molecular formula is C33H43ClO10S. The van der Waals surface area contributed by atoms with Crippen molar-refractivity contribution < 1.29 is 49.7 Å². The summed E-state index contributed by atoms with van der Waals surface area (Å²) in [6, 6.07) is 7.78. The van der Waals surface area contributed by atoms with E-state index in [1.807, 2.05) is 36.4 Å². The van der Waals surface area contributed by atoms with Crippen LogP contribution in [-0.2, 0) is 25.5 Å². The van der Waals surface area contributed by atoms with E-state index < -0.39 is 72.7 Å². The Morgan fingerprint density at radius 3 is 2.56 bits per heavy atom. The number of halogens is 1. The summed E-state index contributed by atoms with van der Waals surface area (Å²) in [5.41, 5.74) is -0.991. The molecule has 1 aliphatic heterocycles. The van der Waals surface area contributed by atoms with Crippen LogP contribution >= 0.6 is 22.9 Å². The third kappa shape index (κ3) is 8.22. The third-order valence-corrected chi connectivity index (χ3v) is 10.6. The second-order valence-corrected chi connectivity index (χ2v) is 13.9. The van der Waals surface area contributed by atoms with E-state index in [1.54, 1.807) is 37.3 Å². The predicted octanol–water partition coefficient (Wildman–Crippen LogP) is 3.63. The number of carboxylic acids is 1. The maximum atomic E-state index is 13.4. The zero-order chi connectivity index (χ0) is 32.9. The summed E-state index contributed by atoms with van der Waals surface area (Å²) in [4.78, 5) is 25.1. The average Bonchev–Trinajstić information content (AvgIpc) is 3.41. The average molecular weight is 667 g/mol. The third-order valence-electron chi connectivity index (χ3n) is 8.82. The van der Waals surface area contributed by atoms with Gasteiger partial charge in [-0.05, 0) is 38.2 Å². The first-order valence-electron chi connectivity index (χ1n) is 15.3. The molecule has 1 aromatic carbocycles. The van der Waals surface area contributed by atoms with Crippen molar-refractivity contribution in [3.8, 4) is 0 Å². The summed E-state index contributed by atoms with van der Waals surface area (Å²) in [5.74, 6) is -2.01. The molecule has 1 saturated carbocycles. The Bertz CT molecular complexity index is 1370. The number of ether oxygens (including phenoxy) is 2. The number of hydrogen-bond donors (Lipinski definition) is 6. The smallest absolute Gasteiger partial charge is 0.303 e. The first-order chi connectivity index (χ1) is 21.4. The number of carbonyl (C=O) groups is 2. The van der Waals surface area contributed by atoms with Gasteiger partial charge in [-0.2, -0.15) is 0 Å². The van der Waals surface area contributed by atoms with Crippen molar-refractivity contribution in [1.29, 1.82) is 0 Å². The van der Waals surface area contributed by atoms with Gasteiger partial charge >= 0.3 is 5.97 Å². The lowest BCUT2D eigenvalue weighted by Gasteiger charge is -2.40. The van der Waals surface area contributed by atoms with E-state index in [1.165, 1.54) is 0 Å². The highest BCUT2D eigenvalue weighted by Gasteiger charge is 2.53. The zero-order valence-corrected chi connectivity index (χ0v) is 26.9. The normalized spacial score (nSPS) is 31.0. The quantitative estimate of drug-likeness (QED) is 0.129. The highest BCUT2D eigenvalue weighted by atomic mass is 35.5. The minimum absolute atomic E-state index is 0.0619. The number of carboxylic acid groups (broad SMARTS) is 1. The lowest BCUT2D eigenvalue weighted by atomic mass is 9.86. The van der Waals surface area contributed by atoms with Crippen LogP contribution in [0.3, 0.4) is 0 Å². The van der Waals surface area contributed by atoms with Gasteiger partial charge < -0.3 is 40.1 Å². The Labute approximate surface area is 271 Å². The Morgan fingerprint density at radius 2 is 1.87 bits per heavy atom. The summed E-state index contributed by atoms with van der Waals surface area (Å²) in [6.45, 7) is 2.82. The molecule has 2 heterocycles. The van der Waals surface area contributed by atoms with Gasteiger partial charge in [0.25, 0.3) is 0 Å². The molecule has 1 aliphatic carbocycles. The lowest BCUT2D eigenvalue weighted by molar-refractivity contribution is -0.307. The molecule has 0 bridgehead atoms. The van der Waals surface area contributed by atoms with Crippen LogP contribution in [0.15, 0.2) is 48.6 Å². The number of carbonyl (C=O) groups excluding carboxylic acids is 1. The number of allylic oxidation sites excluding steroid dienone is 2. The first kappa shape index (κ1) is 35.7. The molecule has 45 heavy (non-hydrogen) atoms. The maximum Gasteiger partial charge on any atom is 0.303 e. The number of aryl methyl sites for hydroxylation is 1. The lowest BCUT2D eigenvalue weighted by Crippen LogP contribution is -2.59. The number of aliphatic hydroxyl groups excluding tert-OH is 5. The van der Waals surface area contributed by atoms with Crippen LogP contribution in [-0.4, -0.2) is 91.9 Å². The number of fused-ring (bicyclic) bond motifs is 1. The second-order valence-electron chi connectivity index (χ2n) is 12.3. The molecule has 12 heteroatoms. The Morgan fingerprint density at radius 1 is 1.13 bits per heavy atom. The fourth-order valence-corrected chi connectivity index (χ4v) is 7.59. The monoisotopic (exact) mass is 666 g/mol. The molecule has 2 aliphatic rings. The van der Waals surface area contributed by atoms with Gasteiger partial charge in [0.2, 0.25) is 0 Å². The highest BCUT2D eigenvalue weighted by molar-refractivity contribution is 7.19. The van der Waals surface area contributed by atoms with Crippen LogP contribution in [0.25, 0.3) is 10.1 Å². The minimum Gasteiger partial charge on any atom is -0.481 e. The number of aliphatic hydroxyl groups is 5. The topological polar surface area (TPSA) is 174 Å². The Balaban J connectivity index is 1.55. The van der Waals surface area contributed by atoms with Crippen molar-refractivity contribution in [2.75, 3.05) is 6.61 Å². The van der Waals surface area contributed by atoms with Gasteiger partial charge in [0.1, 0.15) is 30.2 Å².